The number of benzene rings is 1. The van der Waals surface area contributed by atoms with Crippen LogP contribution in [-0.4, -0.2) is 5.78 Å². The van der Waals surface area contributed by atoms with Gasteiger partial charge in [0.25, 0.3) is 0 Å². The maximum Gasteiger partial charge on any atom is 0.161 e. The minimum Gasteiger partial charge on any atom is -0.295 e. The van der Waals surface area contributed by atoms with Gasteiger partial charge >= 0.3 is 0 Å². The summed E-state index contributed by atoms with van der Waals surface area (Å²) < 4.78 is 38.3. The third kappa shape index (κ3) is 3.23. The van der Waals surface area contributed by atoms with E-state index >= 15 is 0 Å². The quantitative estimate of drug-likeness (QED) is 0.558. The van der Waals surface area contributed by atoms with Gasteiger partial charge < -0.3 is 0 Å². The van der Waals surface area contributed by atoms with E-state index in [0.29, 0.717) is 6.07 Å². The third-order valence-corrected chi connectivity index (χ3v) is 1.78. The number of carbonyl (C=O) groups is 1. The highest BCUT2D eigenvalue weighted by molar-refractivity contribution is 5.87. The highest BCUT2D eigenvalue weighted by Crippen LogP contribution is 2.14. The fourth-order valence-corrected chi connectivity index (χ4v) is 1.07. The SMILES string of the molecule is CC(=O)/C=C/Cc1cc(F)c(F)cc1F. The van der Waals surface area contributed by atoms with Crippen molar-refractivity contribution >= 4 is 5.78 Å². The van der Waals surface area contributed by atoms with E-state index in [-0.39, 0.29) is 17.8 Å². The number of halogens is 3. The zero-order chi connectivity index (χ0) is 11.4. The molecule has 0 spiro atoms. The van der Waals surface area contributed by atoms with Crippen molar-refractivity contribution in [3.63, 3.8) is 0 Å². The molecule has 0 radical (unpaired) electrons. The lowest BCUT2D eigenvalue weighted by Crippen LogP contribution is -1.94. The molecule has 0 aromatic heterocycles. The van der Waals surface area contributed by atoms with Gasteiger partial charge in [0.05, 0.1) is 0 Å². The average molecular weight is 214 g/mol. The lowest BCUT2D eigenvalue weighted by atomic mass is 10.1. The van der Waals surface area contributed by atoms with Gasteiger partial charge in [0.15, 0.2) is 17.4 Å². The molecule has 0 heterocycles. The smallest absolute Gasteiger partial charge is 0.161 e. The standard InChI is InChI=1S/C11H9F3O/c1-7(15)3-2-4-8-5-10(13)11(14)6-9(8)12/h2-3,5-6H,4H2,1H3/b3-2+. The Morgan fingerprint density at radius 3 is 2.40 bits per heavy atom. The van der Waals surface area contributed by atoms with E-state index in [1.807, 2.05) is 0 Å². The second kappa shape index (κ2) is 4.77. The first-order valence-corrected chi connectivity index (χ1v) is 4.31. The number of ketones is 1. The topological polar surface area (TPSA) is 17.1 Å². The first-order valence-electron chi connectivity index (χ1n) is 4.31. The zero-order valence-corrected chi connectivity index (χ0v) is 8.06. The predicted octanol–water partition coefficient (Wildman–Crippen LogP) is 2.79. The Morgan fingerprint density at radius 2 is 1.80 bits per heavy atom. The van der Waals surface area contributed by atoms with E-state index in [4.69, 9.17) is 0 Å². The van der Waals surface area contributed by atoms with Gasteiger partial charge in [-0.1, -0.05) is 6.08 Å². The van der Waals surface area contributed by atoms with Crippen LogP contribution in [0.15, 0.2) is 24.3 Å². The molecule has 1 aromatic carbocycles. The van der Waals surface area contributed by atoms with E-state index in [9.17, 15) is 18.0 Å². The van der Waals surface area contributed by atoms with E-state index < -0.39 is 17.5 Å². The molecule has 1 rings (SSSR count). The largest absolute Gasteiger partial charge is 0.295 e. The van der Waals surface area contributed by atoms with Gasteiger partial charge in [-0.15, -0.1) is 0 Å². The molecule has 80 valence electrons. The van der Waals surface area contributed by atoms with Crippen LogP contribution >= 0.6 is 0 Å². The predicted molar refractivity (Wildman–Crippen MR) is 49.8 cm³/mol. The molecule has 0 aliphatic rings. The number of carbonyl (C=O) groups excluding carboxylic acids is 1. The van der Waals surface area contributed by atoms with Crippen LogP contribution in [0, 0.1) is 17.5 Å². The van der Waals surface area contributed by atoms with Crippen LogP contribution < -0.4 is 0 Å². The first kappa shape index (κ1) is 11.5. The molecule has 4 heteroatoms. The van der Waals surface area contributed by atoms with Crippen molar-refractivity contribution in [2.45, 2.75) is 13.3 Å². The van der Waals surface area contributed by atoms with Crippen molar-refractivity contribution in [2.24, 2.45) is 0 Å². The molecule has 0 atom stereocenters. The fourth-order valence-electron chi connectivity index (χ4n) is 1.07. The second-order valence-corrected chi connectivity index (χ2v) is 3.07. The maximum absolute atomic E-state index is 13.0. The number of allylic oxidation sites excluding steroid dienone is 2. The average Bonchev–Trinajstić information content (AvgIpc) is 2.13. The van der Waals surface area contributed by atoms with E-state index in [1.165, 1.54) is 19.1 Å². The first-order chi connectivity index (χ1) is 7.00. The van der Waals surface area contributed by atoms with Crippen molar-refractivity contribution in [3.8, 4) is 0 Å². The Morgan fingerprint density at radius 1 is 1.20 bits per heavy atom. The summed E-state index contributed by atoms with van der Waals surface area (Å²) in [6.45, 7) is 1.35. The van der Waals surface area contributed by atoms with Crippen LogP contribution in [0.5, 0.6) is 0 Å². The Hall–Kier alpha value is -1.58. The summed E-state index contributed by atoms with van der Waals surface area (Å²) in [6, 6.07) is 1.28. The molecule has 0 amide bonds. The lowest BCUT2D eigenvalue weighted by molar-refractivity contribution is -0.112. The Balaban J connectivity index is 2.86. The van der Waals surface area contributed by atoms with Crippen LogP contribution in [0.3, 0.4) is 0 Å². The van der Waals surface area contributed by atoms with Crippen molar-refractivity contribution in [1.82, 2.24) is 0 Å². The normalized spacial score (nSPS) is 10.9. The molecule has 0 saturated carbocycles. The summed E-state index contributed by atoms with van der Waals surface area (Å²) in [5.41, 5.74) is 0.0198. The van der Waals surface area contributed by atoms with Crippen LogP contribution in [0.4, 0.5) is 13.2 Å². The minimum absolute atomic E-state index is 0.0198. The van der Waals surface area contributed by atoms with Gasteiger partial charge in [-0.2, -0.15) is 0 Å². The molecule has 0 N–H and O–H groups in total. The summed E-state index contributed by atoms with van der Waals surface area (Å²) >= 11 is 0. The summed E-state index contributed by atoms with van der Waals surface area (Å²) in [7, 11) is 0. The molecule has 1 aromatic rings. The van der Waals surface area contributed by atoms with Crippen molar-refractivity contribution in [3.05, 3.63) is 47.3 Å². The highest BCUT2D eigenvalue weighted by atomic mass is 19.2. The maximum atomic E-state index is 13.0. The molecular formula is C11H9F3O. The highest BCUT2D eigenvalue weighted by Gasteiger charge is 2.08. The van der Waals surface area contributed by atoms with Crippen LogP contribution in [0.2, 0.25) is 0 Å². The lowest BCUT2D eigenvalue weighted by Gasteiger charge is -2.00. The molecule has 0 saturated heterocycles. The summed E-state index contributed by atoms with van der Waals surface area (Å²) in [6.07, 6.45) is 2.71. The zero-order valence-electron chi connectivity index (χ0n) is 8.06. The molecule has 15 heavy (non-hydrogen) atoms. The van der Waals surface area contributed by atoms with E-state index in [0.717, 1.165) is 6.07 Å². The van der Waals surface area contributed by atoms with Gasteiger partial charge in [-0.05, 0) is 31.1 Å². The van der Waals surface area contributed by atoms with Gasteiger partial charge in [-0.3, -0.25) is 4.79 Å². The Bertz CT molecular complexity index is 411. The molecule has 0 aliphatic heterocycles. The van der Waals surface area contributed by atoms with Gasteiger partial charge in [0, 0.05) is 6.07 Å². The van der Waals surface area contributed by atoms with Gasteiger partial charge in [0.1, 0.15) is 5.82 Å². The number of rotatable bonds is 3. The monoisotopic (exact) mass is 214 g/mol. The summed E-state index contributed by atoms with van der Waals surface area (Å²) in [5.74, 6) is -3.31. The van der Waals surface area contributed by atoms with Crippen LogP contribution in [0.1, 0.15) is 12.5 Å². The molecular weight excluding hydrogens is 205 g/mol. The molecule has 0 unspecified atom stereocenters. The van der Waals surface area contributed by atoms with Gasteiger partial charge in [0.2, 0.25) is 0 Å². The van der Waals surface area contributed by atoms with E-state index in [1.54, 1.807) is 0 Å². The minimum atomic E-state index is -1.22. The van der Waals surface area contributed by atoms with Crippen LogP contribution in [0.25, 0.3) is 0 Å². The van der Waals surface area contributed by atoms with Gasteiger partial charge in [-0.25, -0.2) is 13.2 Å². The number of hydrogen-bond acceptors (Lipinski definition) is 1. The molecule has 0 fully saturated rings. The van der Waals surface area contributed by atoms with Crippen molar-refractivity contribution < 1.29 is 18.0 Å². The Labute approximate surface area is 85.2 Å². The van der Waals surface area contributed by atoms with Crippen molar-refractivity contribution in [2.75, 3.05) is 0 Å². The van der Waals surface area contributed by atoms with Crippen molar-refractivity contribution in [1.29, 1.82) is 0 Å². The fraction of sp³-hybridized carbons (Fsp3) is 0.182. The summed E-state index contributed by atoms with van der Waals surface area (Å²) in [5, 5.41) is 0. The summed E-state index contributed by atoms with van der Waals surface area (Å²) in [4.78, 5) is 10.5. The van der Waals surface area contributed by atoms with Crippen LogP contribution in [-0.2, 0) is 11.2 Å². The molecule has 0 bridgehead atoms. The number of hydrogen-bond donors (Lipinski definition) is 0. The van der Waals surface area contributed by atoms with E-state index in [2.05, 4.69) is 0 Å². The molecule has 1 nitrogen and oxygen atoms in total. The molecule has 0 aliphatic carbocycles. The Kier molecular flexibility index (Phi) is 3.66. The third-order valence-electron chi connectivity index (χ3n) is 1.78. The second-order valence-electron chi connectivity index (χ2n) is 3.07.